The summed E-state index contributed by atoms with van der Waals surface area (Å²) in [5.41, 5.74) is 0. The molecule has 2 atom stereocenters. The van der Waals surface area contributed by atoms with Gasteiger partial charge in [0.15, 0.2) is 0 Å². The lowest BCUT2D eigenvalue weighted by Gasteiger charge is -2.28. The Morgan fingerprint density at radius 1 is 0.484 bits per heavy atom. The molecule has 0 aromatic carbocycles. The van der Waals surface area contributed by atoms with Crippen molar-refractivity contribution in [3.05, 3.63) is 24.3 Å². The van der Waals surface area contributed by atoms with E-state index in [2.05, 4.69) is 38.2 Å². The normalized spacial score (nSPS) is 13.7. The van der Waals surface area contributed by atoms with Gasteiger partial charge in [0.05, 0.1) is 34.4 Å². The zero-order valence-corrected chi connectivity index (χ0v) is 44.1. The van der Waals surface area contributed by atoms with Crippen molar-refractivity contribution in [2.45, 2.75) is 270 Å². The van der Waals surface area contributed by atoms with Gasteiger partial charge in [0, 0.05) is 13.0 Å². The van der Waals surface area contributed by atoms with E-state index in [4.69, 9.17) is 18.5 Å². The number of nitrogens with zero attached hydrogens (tertiary/aromatic N) is 1. The lowest BCUT2D eigenvalue weighted by molar-refractivity contribution is -0.870. The van der Waals surface area contributed by atoms with Crippen LogP contribution in [0.2, 0.25) is 0 Å². The summed E-state index contributed by atoms with van der Waals surface area (Å²) in [7, 11) is 1.36. The smallest absolute Gasteiger partial charge is 0.306 e. The standard InChI is InChI=1S/C55H108NO7P/c1-6-8-10-12-14-16-18-20-22-24-25-26-27-28-29-30-31-32-33-35-37-39-41-43-45-47-50-60-52-54(53-62-64(58,59)61-51-49-56(3,4)5)63-55(57)48-46-44-42-40-38-36-34-23-21-19-17-15-13-11-9-7-2/h17,19,23,34,54H,6-16,18,20-22,24-33,35-53H2,1-5H3/b19-17-,34-23-. The SMILES string of the molecule is CCCCCC/C=C\C/C=C\CCCCCCCC(=O)OC(COCCCCCCCCCCCCCCCCCCCCCCCCCCCC)COP(=O)([O-])OCC[N+](C)(C)C. The number of hydrogen-bond acceptors (Lipinski definition) is 7. The Morgan fingerprint density at radius 2 is 0.859 bits per heavy atom. The van der Waals surface area contributed by atoms with Gasteiger partial charge in [-0.1, -0.05) is 237 Å². The summed E-state index contributed by atoms with van der Waals surface area (Å²) in [4.78, 5) is 25.2. The topological polar surface area (TPSA) is 94.1 Å². The molecule has 0 aliphatic carbocycles. The molecule has 2 unspecified atom stereocenters. The second kappa shape index (κ2) is 48.4. The minimum atomic E-state index is -4.53. The number of likely N-dealkylation sites (N-methyl/N-ethyl adjacent to an activating group) is 1. The van der Waals surface area contributed by atoms with Crippen molar-refractivity contribution < 1.29 is 37.3 Å². The Hall–Kier alpha value is -1.02. The number of phosphoric acid groups is 1. The van der Waals surface area contributed by atoms with Crippen LogP contribution in [0.3, 0.4) is 0 Å². The van der Waals surface area contributed by atoms with Gasteiger partial charge in [-0.25, -0.2) is 0 Å². The highest BCUT2D eigenvalue weighted by Crippen LogP contribution is 2.38. The lowest BCUT2D eigenvalue weighted by atomic mass is 10.0. The van der Waals surface area contributed by atoms with E-state index in [1.165, 1.54) is 186 Å². The Morgan fingerprint density at radius 3 is 1.28 bits per heavy atom. The van der Waals surface area contributed by atoms with E-state index >= 15 is 0 Å². The third kappa shape index (κ3) is 52.0. The van der Waals surface area contributed by atoms with Gasteiger partial charge in [0.2, 0.25) is 0 Å². The first kappa shape index (κ1) is 63.0. The molecule has 0 rings (SSSR count). The van der Waals surface area contributed by atoms with Crippen LogP contribution in [-0.2, 0) is 27.9 Å². The van der Waals surface area contributed by atoms with Crippen LogP contribution in [-0.4, -0.2) is 70.7 Å². The molecule has 0 aromatic rings. The fraction of sp³-hybridized carbons (Fsp3) is 0.909. The summed E-state index contributed by atoms with van der Waals surface area (Å²) in [5.74, 6) is -0.342. The van der Waals surface area contributed by atoms with Crippen molar-refractivity contribution in [3.8, 4) is 0 Å². The Bertz CT molecular complexity index is 1080. The first-order chi connectivity index (χ1) is 31.1. The second-order valence-electron chi connectivity index (χ2n) is 20.0. The van der Waals surface area contributed by atoms with Crippen molar-refractivity contribution in [2.24, 2.45) is 0 Å². The molecule has 0 aliphatic heterocycles. The fourth-order valence-electron chi connectivity index (χ4n) is 7.99. The number of unbranched alkanes of at least 4 members (excludes halogenated alkanes) is 34. The van der Waals surface area contributed by atoms with Crippen LogP contribution in [0.5, 0.6) is 0 Å². The van der Waals surface area contributed by atoms with E-state index in [0.29, 0.717) is 24.1 Å². The second-order valence-corrected chi connectivity index (χ2v) is 21.4. The Labute approximate surface area is 398 Å². The average Bonchev–Trinajstić information content (AvgIpc) is 3.25. The first-order valence-corrected chi connectivity index (χ1v) is 29.0. The molecule has 0 aliphatic rings. The minimum absolute atomic E-state index is 0.0255. The molecule has 64 heavy (non-hydrogen) atoms. The Kier molecular flexibility index (Phi) is 47.7. The molecule has 0 saturated carbocycles. The number of carbonyl (C=O) groups excluding carboxylic acids is 1. The van der Waals surface area contributed by atoms with E-state index in [1.807, 2.05) is 21.1 Å². The molecular weight excluding hydrogens is 818 g/mol. The molecule has 0 bridgehead atoms. The molecule has 0 fully saturated rings. The number of hydrogen-bond donors (Lipinski definition) is 0. The molecule has 8 nitrogen and oxygen atoms in total. The minimum Gasteiger partial charge on any atom is -0.756 e. The molecule has 0 radical (unpaired) electrons. The maximum atomic E-state index is 12.7. The number of allylic oxidation sites excluding steroid dienone is 4. The summed E-state index contributed by atoms with van der Waals surface area (Å²) in [5, 5.41) is 0. The van der Waals surface area contributed by atoms with Gasteiger partial charge in [-0.15, -0.1) is 0 Å². The van der Waals surface area contributed by atoms with Crippen LogP contribution >= 0.6 is 7.82 Å². The van der Waals surface area contributed by atoms with E-state index in [-0.39, 0.29) is 25.8 Å². The molecule has 380 valence electrons. The summed E-state index contributed by atoms with van der Waals surface area (Å²) in [6, 6.07) is 0. The Balaban J connectivity index is 4.02. The monoisotopic (exact) mass is 926 g/mol. The summed E-state index contributed by atoms with van der Waals surface area (Å²) in [6.45, 7) is 5.43. The van der Waals surface area contributed by atoms with Gasteiger partial charge in [0.1, 0.15) is 19.3 Å². The van der Waals surface area contributed by atoms with Gasteiger partial charge in [-0.05, 0) is 44.9 Å². The van der Waals surface area contributed by atoms with Crippen LogP contribution in [0.1, 0.15) is 264 Å². The van der Waals surface area contributed by atoms with Crippen molar-refractivity contribution >= 4 is 13.8 Å². The van der Waals surface area contributed by atoms with Crippen LogP contribution in [0.4, 0.5) is 0 Å². The van der Waals surface area contributed by atoms with Gasteiger partial charge < -0.3 is 27.9 Å². The van der Waals surface area contributed by atoms with E-state index in [9.17, 15) is 14.3 Å². The number of rotatable bonds is 52. The fourth-order valence-corrected chi connectivity index (χ4v) is 8.72. The maximum absolute atomic E-state index is 12.7. The highest BCUT2D eigenvalue weighted by Gasteiger charge is 2.20. The van der Waals surface area contributed by atoms with Crippen LogP contribution in [0.25, 0.3) is 0 Å². The maximum Gasteiger partial charge on any atom is 0.306 e. The third-order valence-corrected chi connectivity index (χ3v) is 13.2. The summed E-state index contributed by atoms with van der Waals surface area (Å²) >= 11 is 0. The molecular formula is C55H108NO7P. The highest BCUT2D eigenvalue weighted by molar-refractivity contribution is 7.45. The average molecular weight is 926 g/mol. The molecule has 9 heteroatoms. The van der Waals surface area contributed by atoms with Crippen molar-refractivity contribution in [1.82, 2.24) is 0 Å². The molecule has 0 spiro atoms. The number of esters is 1. The largest absolute Gasteiger partial charge is 0.756 e. The zero-order chi connectivity index (χ0) is 46.9. The van der Waals surface area contributed by atoms with Crippen molar-refractivity contribution in [3.63, 3.8) is 0 Å². The first-order valence-electron chi connectivity index (χ1n) is 27.6. The van der Waals surface area contributed by atoms with Crippen LogP contribution in [0, 0.1) is 0 Å². The van der Waals surface area contributed by atoms with E-state index in [0.717, 1.165) is 57.8 Å². The van der Waals surface area contributed by atoms with Gasteiger partial charge in [0.25, 0.3) is 7.82 Å². The van der Waals surface area contributed by atoms with Crippen LogP contribution in [0.15, 0.2) is 24.3 Å². The highest BCUT2D eigenvalue weighted by atomic mass is 31.2. The van der Waals surface area contributed by atoms with Crippen LogP contribution < -0.4 is 4.89 Å². The molecule has 0 aromatic heterocycles. The quantitative estimate of drug-likeness (QED) is 0.0197. The molecule has 0 amide bonds. The van der Waals surface area contributed by atoms with E-state index in [1.54, 1.807) is 0 Å². The molecule has 0 saturated heterocycles. The zero-order valence-electron chi connectivity index (χ0n) is 43.3. The van der Waals surface area contributed by atoms with E-state index < -0.39 is 13.9 Å². The lowest BCUT2D eigenvalue weighted by Crippen LogP contribution is -2.37. The number of phosphoric ester groups is 1. The number of quaternary nitrogens is 1. The molecule has 0 N–H and O–H groups in total. The molecule has 0 heterocycles. The number of carbonyl (C=O) groups is 1. The third-order valence-electron chi connectivity index (χ3n) is 12.3. The number of ether oxygens (including phenoxy) is 2. The summed E-state index contributed by atoms with van der Waals surface area (Å²) in [6.07, 6.45) is 57.9. The van der Waals surface area contributed by atoms with Gasteiger partial charge in [-0.3, -0.25) is 9.36 Å². The van der Waals surface area contributed by atoms with Crippen molar-refractivity contribution in [1.29, 1.82) is 0 Å². The predicted molar refractivity (Wildman–Crippen MR) is 273 cm³/mol. The van der Waals surface area contributed by atoms with Crippen molar-refractivity contribution in [2.75, 3.05) is 54.1 Å². The summed E-state index contributed by atoms with van der Waals surface area (Å²) < 4.78 is 34.8. The van der Waals surface area contributed by atoms with Gasteiger partial charge >= 0.3 is 5.97 Å². The van der Waals surface area contributed by atoms with Gasteiger partial charge in [-0.2, -0.15) is 0 Å². The predicted octanol–water partition coefficient (Wildman–Crippen LogP) is 16.5.